The topological polar surface area (TPSA) is 35.5 Å². The summed E-state index contributed by atoms with van der Waals surface area (Å²) in [5, 5.41) is 1.85. The van der Waals surface area contributed by atoms with Crippen LogP contribution in [0.2, 0.25) is 0 Å². The van der Waals surface area contributed by atoms with E-state index >= 15 is 0 Å². The molecule has 0 radical (unpaired) electrons. The van der Waals surface area contributed by atoms with Crippen molar-refractivity contribution in [2.24, 2.45) is 0 Å². The molecule has 0 amide bonds. The summed E-state index contributed by atoms with van der Waals surface area (Å²) in [6, 6.07) is 7.82. The van der Waals surface area contributed by atoms with Gasteiger partial charge < -0.3 is 9.47 Å². The average Bonchev–Trinajstić information content (AvgIpc) is 2.81. The summed E-state index contributed by atoms with van der Waals surface area (Å²) in [5.41, 5.74) is 2.70. The van der Waals surface area contributed by atoms with Crippen LogP contribution in [0.3, 0.4) is 0 Å². The lowest BCUT2D eigenvalue weighted by Gasteiger charge is -2.04. The van der Waals surface area contributed by atoms with E-state index < -0.39 is 0 Å². The third-order valence-electron chi connectivity index (χ3n) is 2.89. The molecule has 0 fully saturated rings. The molecule has 0 aliphatic rings. The molecule has 0 aliphatic carbocycles. The zero-order valence-corrected chi connectivity index (χ0v) is 12.0. The van der Waals surface area contributed by atoms with Crippen molar-refractivity contribution in [3.05, 3.63) is 40.8 Å². The largest absolute Gasteiger partial charge is 0.497 e. The van der Waals surface area contributed by atoms with Crippen molar-refractivity contribution in [3.8, 4) is 16.2 Å². The van der Waals surface area contributed by atoms with Crippen molar-refractivity contribution in [3.63, 3.8) is 0 Å². The first-order chi connectivity index (χ1) is 9.17. The molecule has 0 bridgehead atoms. The van der Waals surface area contributed by atoms with Crippen LogP contribution in [-0.4, -0.2) is 19.7 Å². The maximum Gasteiger partial charge on any atom is 0.339 e. The molecule has 2 aromatic rings. The Hall–Kier alpha value is -1.81. The van der Waals surface area contributed by atoms with Crippen LogP contribution in [-0.2, 0) is 4.74 Å². The molecule has 3 nitrogen and oxygen atoms in total. The molecule has 0 unspecified atom stereocenters. The standard InChI is InChI=1S/C15H16O3S/c1-4-18-15(16)13-9-19-14(10(13)2)11-5-7-12(17-3)8-6-11/h5-9H,4H2,1-3H3. The molecule has 0 saturated carbocycles. The lowest BCUT2D eigenvalue weighted by atomic mass is 10.1. The summed E-state index contributed by atoms with van der Waals surface area (Å²) in [6.45, 7) is 4.15. The SMILES string of the molecule is CCOC(=O)c1csc(-c2ccc(OC)cc2)c1C. The molecule has 4 heteroatoms. The van der Waals surface area contributed by atoms with Crippen molar-refractivity contribution < 1.29 is 14.3 Å². The van der Waals surface area contributed by atoms with Crippen molar-refractivity contribution in [1.29, 1.82) is 0 Å². The van der Waals surface area contributed by atoms with Crippen LogP contribution in [0.1, 0.15) is 22.8 Å². The van der Waals surface area contributed by atoms with E-state index in [0.29, 0.717) is 12.2 Å². The van der Waals surface area contributed by atoms with E-state index in [-0.39, 0.29) is 5.97 Å². The first-order valence-electron chi connectivity index (χ1n) is 6.07. The van der Waals surface area contributed by atoms with Gasteiger partial charge in [0.2, 0.25) is 0 Å². The van der Waals surface area contributed by atoms with Gasteiger partial charge in [-0.15, -0.1) is 11.3 Å². The van der Waals surface area contributed by atoms with E-state index in [2.05, 4.69) is 0 Å². The van der Waals surface area contributed by atoms with Crippen LogP contribution in [0, 0.1) is 6.92 Å². The van der Waals surface area contributed by atoms with Gasteiger partial charge in [-0.05, 0) is 49.2 Å². The van der Waals surface area contributed by atoms with Gasteiger partial charge in [-0.3, -0.25) is 0 Å². The van der Waals surface area contributed by atoms with Gasteiger partial charge in [0.15, 0.2) is 0 Å². The van der Waals surface area contributed by atoms with Crippen molar-refractivity contribution in [1.82, 2.24) is 0 Å². The third kappa shape index (κ3) is 2.79. The molecule has 0 aliphatic heterocycles. The summed E-state index contributed by atoms with van der Waals surface area (Å²) in [7, 11) is 1.64. The fourth-order valence-corrected chi connectivity index (χ4v) is 2.92. The van der Waals surface area contributed by atoms with Gasteiger partial charge in [0, 0.05) is 10.3 Å². The minimum Gasteiger partial charge on any atom is -0.497 e. The van der Waals surface area contributed by atoms with Crippen LogP contribution >= 0.6 is 11.3 Å². The van der Waals surface area contributed by atoms with Crippen molar-refractivity contribution in [2.45, 2.75) is 13.8 Å². The van der Waals surface area contributed by atoms with Gasteiger partial charge >= 0.3 is 5.97 Å². The normalized spacial score (nSPS) is 10.3. The molecule has 0 N–H and O–H groups in total. The molecular formula is C15H16O3S. The van der Waals surface area contributed by atoms with Crippen LogP contribution in [0.5, 0.6) is 5.75 Å². The Morgan fingerprint density at radius 2 is 1.95 bits per heavy atom. The summed E-state index contributed by atoms with van der Waals surface area (Å²) in [6.07, 6.45) is 0. The Morgan fingerprint density at radius 1 is 1.26 bits per heavy atom. The van der Waals surface area contributed by atoms with Crippen LogP contribution < -0.4 is 4.74 Å². The van der Waals surface area contributed by atoms with Gasteiger partial charge in [0.05, 0.1) is 19.3 Å². The summed E-state index contributed by atoms with van der Waals surface area (Å²) in [4.78, 5) is 12.9. The van der Waals surface area contributed by atoms with Gasteiger partial charge in [0.1, 0.15) is 5.75 Å². The summed E-state index contributed by atoms with van der Waals surface area (Å²) >= 11 is 1.56. The molecular weight excluding hydrogens is 260 g/mol. The number of benzene rings is 1. The zero-order chi connectivity index (χ0) is 13.8. The molecule has 1 heterocycles. The van der Waals surface area contributed by atoms with E-state index in [1.54, 1.807) is 18.4 Å². The van der Waals surface area contributed by atoms with Crippen LogP contribution in [0.4, 0.5) is 0 Å². The fourth-order valence-electron chi connectivity index (χ4n) is 1.85. The van der Waals surface area contributed by atoms with Gasteiger partial charge in [-0.1, -0.05) is 0 Å². The smallest absolute Gasteiger partial charge is 0.339 e. The first kappa shape index (κ1) is 13.6. The lowest BCUT2D eigenvalue weighted by molar-refractivity contribution is 0.0526. The maximum atomic E-state index is 11.8. The van der Waals surface area contributed by atoms with E-state index in [4.69, 9.17) is 9.47 Å². The second-order valence-corrected chi connectivity index (χ2v) is 4.93. The molecule has 0 atom stereocenters. The Labute approximate surface area is 116 Å². The molecule has 19 heavy (non-hydrogen) atoms. The molecule has 2 rings (SSSR count). The zero-order valence-electron chi connectivity index (χ0n) is 11.2. The molecule has 0 saturated heterocycles. The number of carbonyl (C=O) groups excluding carboxylic acids is 1. The van der Waals surface area contributed by atoms with E-state index in [9.17, 15) is 4.79 Å². The molecule has 100 valence electrons. The average molecular weight is 276 g/mol. The number of thiophene rings is 1. The number of esters is 1. The number of hydrogen-bond acceptors (Lipinski definition) is 4. The number of methoxy groups -OCH3 is 1. The number of rotatable bonds is 4. The second-order valence-electron chi connectivity index (χ2n) is 4.05. The monoisotopic (exact) mass is 276 g/mol. The lowest BCUT2D eigenvalue weighted by Crippen LogP contribution is -2.04. The minimum absolute atomic E-state index is 0.254. The Morgan fingerprint density at radius 3 is 2.53 bits per heavy atom. The summed E-state index contributed by atoms with van der Waals surface area (Å²) in [5.74, 6) is 0.569. The van der Waals surface area contributed by atoms with Crippen molar-refractivity contribution >= 4 is 17.3 Å². The second kappa shape index (κ2) is 5.89. The Kier molecular flexibility index (Phi) is 4.22. The Balaban J connectivity index is 2.32. The number of hydrogen-bond donors (Lipinski definition) is 0. The maximum absolute atomic E-state index is 11.8. The van der Waals surface area contributed by atoms with Crippen molar-refractivity contribution in [2.75, 3.05) is 13.7 Å². The predicted molar refractivity (Wildman–Crippen MR) is 77.0 cm³/mol. The van der Waals surface area contributed by atoms with E-state index in [1.165, 1.54) is 0 Å². The van der Waals surface area contributed by atoms with Crippen LogP contribution in [0.15, 0.2) is 29.6 Å². The molecule has 1 aromatic heterocycles. The van der Waals surface area contributed by atoms with Crippen LogP contribution in [0.25, 0.3) is 10.4 Å². The number of ether oxygens (including phenoxy) is 2. The van der Waals surface area contributed by atoms with Gasteiger partial charge in [0.25, 0.3) is 0 Å². The fraction of sp³-hybridized carbons (Fsp3) is 0.267. The van der Waals surface area contributed by atoms with Gasteiger partial charge in [-0.2, -0.15) is 0 Å². The highest BCUT2D eigenvalue weighted by Crippen LogP contribution is 2.33. The highest BCUT2D eigenvalue weighted by Gasteiger charge is 2.16. The number of carbonyl (C=O) groups is 1. The quantitative estimate of drug-likeness (QED) is 0.794. The van der Waals surface area contributed by atoms with Gasteiger partial charge in [-0.25, -0.2) is 4.79 Å². The molecule has 1 aromatic carbocycles. The predicted octanol–water partition coefficient (Wildman–Crippen LogP) is 3.91. The highest BCUT2D eigenvalue weighted by atomic mass is 32.1. The third-order valence-corrected chi connectivity index (χ3v) is 4.02. The molecule has 0 spiro atoms. The summed E-state index contributed by atoms with van der Waals surface area (Å²) < 4.78 is 10.2. The first-order valence-corrected chi connectivity index (χ1v) is 6.95. The minimum atomic E-state index is -0.254. The highest BCUT2D eigenvalue weighted by molar-refractivity contribution is 7.14. The Bertz CT molecular complexity index is 570. The van der Waals surface area contributed by atoms with E-state index in [0.717, 1.165) is 21.8 Å². The van der Waals surface area contributed by atoms with E-state index in [1.807, 2.05) is 43.5 Å².